The zero-order valence-electron chi connectivity index (χ0n) is 64.5. The highest BCUT2D eigenvalue weighted by Gasteiger charge is 2.92. The standard InChI is InChI=1S/C20H11F23.C16H11F15.C15H24.C12H11F7.C10H11F3/c1-6-5-9(12(25,26)15(31,32)17(35,36)18(37,38)19(39,40)20(41,42)43)7(2)4-8(6)11(23,24)14(29,30)16(33,34)13(27,28)10(3,21)22;1-6-5-9(12(21,22)14(25,26)15(27,28)16(29,30)31)7(2)4-8(6)11(19,20)13(23,24)10(3,17)18;1-5-6-7-8-9-15-11-13(3)12(2)10-14(15)4;1-6-5-9(11(15,16)12(17,18)19)7(2)4-8(6)10(3,13)14;1-6-4-8(3)9(5-7(6)2)10(11,12)13/h4-5H,1-3H3;4-5H,1-3H3;10-11H,5-9H2,1-4H3;4-5H,1-3H3;4-5H,1-3H3. The van der Waals surface area contributed by atoms with Gasteiger partial charge in [0.05, 0.1) is 5.56 Å². The summed E-state index contributed by atoms with van der Waals surface area (Å²) in [7, 11) is 0. The van der Waals surface area contributed by atoms with Gasteiger partial charge >= 0.3 is 125 Å². The molecule has 0 saturated carbocycles. The summed E-state index contributed by atoms with van der Waals surface area (Å²) in [5.41, 5.74) is -13.0. The molecule has 121 heavy (non-hydrogen) atoms. The molecule has 0 aliphatic carbocycles. The van der Waals surface area contributed by atoms with Crippen LogP contribution in [0, 0.1) is 83.1 Å². The topological polar surface area (TPSA) is 0 Å². The molecule has 0 bridgehead atoms. The third-order valence-corrected chi connectivity index (χ3v) is 18.4. The van der Waals surface area contributed by atoms with Gasteiger partial charge < -0.3 is 0 Å². The fourth-order valence-electron chi connectivity index (χ4n) is 10.8. The Morgan fingerprint density at radius 1 is 0.190 bits per heavy atom. The molecule has 0 aliphatic rings. The molecule has 48 heteroatoms. The van der Waals surface area contributed by atoms with Crippen molar-refractivity contribution in [3.05, 3.63) is 172 Å². The molecule has 0 amide bonds. The van der Waals surface area contributed by atoms with Crippen molar-refractivity contribution in [2.75, 3.05) is 0 Å². The van der Waals surface area contributed by atoms with E-state index in [-0.39, 0.29) is 44.9 Å². The third kappa shape index (κ3) is 21.1. The summed E-state index contributed by atoms with van der Waals surface area (Å²) in [5, 5.41) is 0. The Balaban J connectivity index is 0.000000813. The molecule has 696 valence electrons. The van der Waals surface area contributed by atoms with E-state index in [4.69, 9.17) is 0 Å². The van der Waals surface area contributed by atoms with Crippen molar-refractivity contribution in [3.8, 4) is 0 Å². The fourth-order valence-corrected chi connectivity index (χ4v) is 10.8. The van der Waals surface area contributed by atoms with Crippen molar-refractivity contribution in [1.29, 1.82) is 0 Å². The highest BCUT2D eigenvalue weighted by atomic mass is 19.5. The lowest BCUT2D eigenvalue weighted by Crippen LogP contribution is -2.69. The van der Waals surface area contributed by atoms with Crippen LogP contribution < -0.4 is 0 Å². The van der Waals surface area contributed by atoms with Gasteiger partial charge in [0.2, 0.25) is 0 Å². The Bertz CT molecular complexity index is 4360. The lowest BCUT2D eigenvalue weighted by molar-refractivity contribution is -0.441. The van der Waals surface area contributed by atoms with E-state index in [1.807, 2.05) is 6.92 Å². The minimum absolute atomic E-state index is 0.203. The smallest absolute Gasteiger partial charge is 0.202 e. The number of unbranched alkanes of at least 4 members (excludes halogenated alkanes) is 3. The summed E-state index contributed by atoms with van der Waals surface area (Å²) in [6.07, 6.45) is -18.2. The quantitative estimate of drug-likeness (QED) is 0.0452. The maximum atomic E-state index is 14.5. The molecule has 0 spiro atoms. The second-order valence-corrected chi connectivity index (χ2v) is 28.1. The second-order valence-electron chi connectivity index (χ2n) is 28.1. The summed E-state index contributed by atoms with van der Waals surface area (Å²) >= 11 is 0. The first-order valence-corrected chi connectivity index (χ1v) is 33.4. The second kappa shape index (κ2) is 35.3. The molecule has 0 aromatic heterocycles. The van der Waals surface area contributed by atoms with Crippen LogP contribution in [0.1, 0.15) is 165 Å². The average Bonchev–Trinajstić information content (AvgIpc) is 0.707. The first-order valence-electron chi connectivity index (χ1n) is 33.4. The number of hydrogen-bond donors (Lipinski definition) is 0. The number of halogens is 48. The summed E-state index contributed by atoms with van der Waals surface area (Å²) in [6.45, 7) is 14.8. The van der Waals surface area contributed by atoms with Crippen LogP contribution in [-0.2, 0) is 48.1 Å². The Morgan fingerprint density at radius 3 is 0.694 bits per heavy atom. The van der Waals surface area contributed by atoms with Gasteiger partial charge in [-0.2, -0.15) is 202 Å². The predicted octanol–water partition coefficient (Wildman–Crippen LogP) is 31.2. The maximum Gasteiger partial charge on any atom is 0.460 e. The number of alkyl halides is 48. The largest absolute Gasteiger partial charge is 0.460 e. The van der Waals surface area contributed by atoms with Gasteiger partial charge in [-0.15, -0.1) is 0 Å². The van der Waals surface area contributed by atoms with E-state index < -0.39 is 230 Å². The molecular weight excluding hydrogens is 1790 g/mol. The van der Waals surface area contributed by atoms with Crippen LogP contribution in [-0.4, -0.2) is 89.6 Å². The van der Waals surface area contributed by atoms with Crippen LogP contribution in [0.25, 0.3) is 0 Å². The normalized spacial score (nSPS) is 14.4. The highest BCUT2D eigenvalue weighted by molar-refractivity contribution is 5.47. The van der Waals surface area contributed by atoms with E-state index in [9.17, 15) is 211 Å². The minimum Gasteiger partial charge on any atom is -0.202 e. The van der Waals surface area contributed by atoms with Gasteiger partial charge in [-0.1, -0.05) is 44.4 Å². The summed E-state index contributed by atoms with van der Waals surface area (Å²) in [4.78, 5) is 0. The van der Waals surface area contributed by atoms with Gasteiger partial charge in [-0.3, -0.25) is 0 Å². The van der Waals surface area contributed by atoms with E-state index in [1.165, 1.54) is 61.8 Å². The molecule has 0 atom stereocenters. The Labute approximate surface area is 655 Å². The van der Waals surface area contributed by atoms with Crippen molar-refractivity contribution >= 4 is 0 Å². The monoisotopic (exact) mass is 1860 g/mol. The molecule has 0 N–H and O–H groups in total. The molecule has 5 aromatic rings. The van der Waals surface area contributed by atoms with Crippen LogP contribution >= 0.6 is 0 Å². The van der Waals surface area contributed by atoms with Crippen molar-refractivity contribution in [1.82, 2.24) is 0 Å². The van der Waals surface area contributed by atoms with Gasteiger partial charge in [0, 0.05) is 54.2 Å². The van der Waals surface area contributed by atoms with Crippen LogP contribution in [0.5, 0.6) is 0 Å². The summed E-state index contributed by atoms with van der Waals surface area (Å²) < 4.78 is 637. The van der Waals surface area contributed by atoms with Crippen LogP contribution in [0.3, 0.4) is 0 Å². The zero-order chi connectivity index (χ0) is 97.2. The molecule has 0 fully saturated rings. The van der Waals surface area contributed by atoms with Crippen molar-refractivity contribution < 1.29 is 211 Å². The first kappa shape index (κ1) is 112. The zero-order valence-corrected chi connectivity index (χ0v) is 64.5. The van der Waals surface area contributed by atoms with Gasteiger partial charge in [0.1, 0.15) is 0 Å². The maximum absolute atomic E-state index is 14.5. The molecule has 5 rings (SSSR count). The lowest BCUT2D eigenvalue weighted by atomic mass is 9.84. The van der Waals surface area contributed by atoms with E-state index in [0.717, 1.165) is 19.4 Å². The van der Waals surface area contributed by atoms with Crippen LogP contribution in [0.15, 0.2) is 60.7 Å². The lowest BCUT2D eigenvalue weighted by Gasteiger charge is -2.40. The molecular formula is C73H68F48. The van der Waals surface area contributed by atoms with E-state index in [0.29, 0.717) is 24.6 Å². The molecule has 0 aliphatic heterocycles. The Kier molecular flexibility index (Phi) is 32.6. The number of aryl methyl sites for hydroxylation is 13. The van der Waals surface area contributed by atoms with E-state index >= 15 is 0 Å². The van der Waals surface area contributed by atoms with E-state index in [1.54, 1.807) is 18.6 Å². The van der Waals surface area contributed by atoms with Gasteiger partial charge in [0.25, 0.3) is 5.92 Å². The molecule has 0 unspecified atom stereocenters. The number of rotatable bonds is 23. The van der Waals surface area contributed by atoms with Crippen molar-refractivity contribution in [3.63, 3.8) is 0 Å². The van der Waals surface area contributed by atoms with E-state index in [2.05, 4.69) is 39.8 Å². The van der Waals surface area contributed by atoms with Crippen molar-refractivity contribution in [2.24, 2.45) is 0 Å². The average molecular weight is 1860 g/mol. The SMILES string of the molecule is CCCCCCc1cc(C)c(C)cc1C.Cc1cc(C(F)(F)C(F)(F)C(F)(F)C(F)(F)C(F)(F)C(F)(F)F)c(C)cc1C(F)(F)C(F)(F)C(F)(F)C(F)(F)C(C)(F)F.Cc1cc(C(F)(F)C(F)(F)C(F)(F)C(F)(F)F)c(C)cc1C(F)(F)C(F)(F)C(C)(F)F.Cc1cc(C(F)(F)C(F)(F)F)c(C)cc1C(C)(F)F.Cc1cc(C)c(C(F)(F)F)cc1C. The Morgan fingerprint density at radius 2 is 0.413 bits per heavy atom. The highest BCUT2D eigenvalue weighted by Crippen LogP contribution is 2.65. The van der Waals surface area contributed by atoms with Crippen LogP contribution in [0.2, 0.25) is 0 Å². The number of hydrogen-bond acceptors (Lipinski definition) is 0. The molecule has 0 nitrogen and oxygen atoms in total. The summed E-state index contributed by atoms with van der Waals surface area (Å²) in [5.74, 6) is -122. The molecule has 0 radical (unpaired) electrons. The fraction of sp³-hybridized carbons (Fsp3) is 0.589. The van der Waals surface area contributed by atoms with Crippen LogP contribution in [0.4, 0.5) is 211 Å². The van der Waals surface area contributed by atoms with Gasteiger partial charge in [-0.25, -0.2) is 8.78 Å². The summed E-state index contributed by atoms with van der Waals surface area (Å²) in [6, 6.07) is 5.71. The third-order valence-electron chi connectivity index (χ3n) is 18.4. The molecule has 0 saturated heterocycles. The minimum atomic E-state index is -8.37. The first-order chi connectivity index (χ1) is 52.8. The van der Waals surface area contributed by atoms with Gasteiger partial charge in [-0.05, 0) is 211 Å². The van der Waals surface area contributed by atoms with Crippen molar-refractivity contribution in [2.45, 2.75) is 274 Å². The van der Waals surface area contributed by atoms with Gasteiger partial charge in [0.15, 0.2) is 0 Å². The molecule has 5 aromatic carbocycles. The molecule has 0 heterocycles. The predicted molar refractivity (Wildman–Crippen MR) is 340 cm³/mol. The number of benzene rings is 5. The Hall–Kier alpha value is -7.26.